The number of nitrogen functional groups attached to an aromatic ring is 1. The number of rotatable bonds is 25. The molecule has 6 aromatic carbocycles. The van der Waals surface area contributed by atoms with Gasteiger partial charge in [-0.15, -0.1) is 0 Å². The fourth-order valence-corrected chi connectivity index (χ4v) is 12.6. The molecule has 8 heterocycles. The second-order valence-corrected chi connectivity index (χ2v) is 25.6. The number of carbonyl (C=O) groups excluding carboxylic acids is 9. The van der Waals surface area contributed by atoms with Crippen molar-refractivity contribution in [2.75, 3.05) is 86.2 Å². The van der Waals surface area contributed by atoms with E-state index in [1.165, 1.54) is 56.0 Å². The maximum absolute atomic E-state index is 13.6. The van der Waals surface area contributed by atoms with E-state index in [2.05, 4.69) is 56.0 Å². The van der Waals surface area contributed by atoms with Crippen molar-refractivity contribution in [3.05, 3.63) is 179 Å². The molecule has 10 aromatic rings. The van der Waals surface area contributed by atoms with Crippen LogP contribution in [0.3, 0.4) is 0 Å². The molecule has 580 valence electrons. The number of aliphatic imine (C=N–C) groups is 2. The van der Waals surface area contributed by atoms with Gasteiger partial charge >= 0.3 is 17.9 Å². The fourth-order valence-electron chi connectivity index (χ4n) is 12.6. The Morgan fingerprint density at radius 2 is 0.991 bits per heavy atom. The highest BCUT2D eigenvalue weighted by Crippen LogP contribution is 2.43. The summed E-state index contributed by atoms with van der Waals surface area (Å²) < 4.78 is 45.8. The summed E-state index contributed by atoms with van der Waals surface area (Å²) in [6.07, 6.45) is 8.99. The summed E-state index contributed by atoms with van der Waals surface area (Å²) in [5.41, 5.74) is 13.6. The number of nitrogens with one attached hydrogen (secondary N) is 5. The zero-order valence-electron chi connectivity index (χ0n) is 60.9. The van der Waals surface area contributed by atoms with E-state index >= 15 is 0 Å². The lowest BCUT2D eigenvalue weighted by molar-refractivity contribution is -0.141. The van der Waals surface area contributed by atoms with Gasteiger partial charge in [0, 0.05) is 123 Å². The molecule has 2 atom stereocenters. The molecule has 0 saturated heterocycles. The van der Waals surface area contributed by atoms with E-state index in [1.54, 1.807) is 103 Å². The molecule has 33 heteroatoms. The summed E-state index contributed by atoms with van der Waals surface area (Å²) in [6, 6.07) is 35.2. The van der Waals surface area contributed by atoms with Crippen LogP contribution in [0.25, 0.3) is 21.9 Å². The summed E-state index contributed by atoms with van der Waals surface area (Å²) in [7, 11) is 8.75. The van der Waals surface area contributed by atoms with Gasteiger partial charge in [-0.05, 0) is 96.8 Å². The number of hydrogen-bond acceptors (Lipinski definition) is 23. The van der Waals surface area contributed by atoms with E-state index in [4.69, 9.17) is 38.6 Å². The van der Waals surface area contributed by atoms with E-state index < -0.39 is 41.5 Å². The summed E-state index contributed by atoms with van der Waals surface area (Å²) in [6.45, 7) is 0.626. The first-order chi connectivity index (χ1) is 53.6. The SMILES string of the molecule is C.COC(=O)CCNC(=O)c1nc(NC(=O)c2cc3cc(N)ccc3o2)cn1C.COC(=O)CCNC(=O)c1nc(NC(=O)c2cc3cc(NC(=O)CCCOc4cc5c(cc4OC)C(=O)N4c6ccccc6C[C@H]4C=N5)ccc3o2)cn1C.COc1cc2c(cc1OCCCC(=O)O)N=C[C@@H]1Cc3ccccc3N1C2=O. The van der Waals surface area contributed by atoms with Crippen molar-refractivity contribution in [1.29, 1.82) is 0 Å². The number of esters is 2. The van der Waals surface area contributed by atoms with E-state index in [9.17, 15) is 47.9 Å². The van der Waals surface area contributed by atoms with Gasteiger partial charge < -0.3 is 83.8 Å². The summed E-state index contributed by atoms with van der Waals surface area (Å²) in [4.78, 5) is 144. The smallest absolute Gasteiger partial charge is 0.307 e. The van der Waals surface area contributed by atoms with Gasteiger partial charge in [0.1, 0.15) is 11.2 Å². The molecule has 112 heavy (non-hydrogen) atoms. The first-order valence-electron chi connectivity index (χ1n) is 34.9. The third-order valence-electron chi connectivity index (χ3n) is 18.0. The van der Waals surface area contributed by atoms with Gasteiger partial charge in [-0.2, -0.15) is 0 Å². The van der Waals surface area contributed by atoms with Crippen LogP contribution in [-0.2, 0) is 55.6 Å². The number of nitrogens with zero attached hydrogens (tertiary/aromatic N) is 8. The zero-order valence-corrected chi connectivity index (χ0v) is 60.9. The highest BCUT2D eigenvalue weighted by molar-refractivity contribution is 6.16. The topological polar surface area (TPSA) is 426 Å². The number of furan rings is 2. The maximum Gasteiger partial charge on any atom is 0.307 e. The maximum atomic E-state index is 13.6. The van der Waals surface area contributed by atoms with E-state index in [1.807, 2.05) is 48.5 Å². The normalized spacial score (nSPS) is 13.8. The average Bonchev–Trinajstić information content (AvgIpc) is 1.60. The molecular weight excluding hydrogens is 1450 g/mol. The number of anilines is 6. The van der Waals surface area contributed by atoms with Crippen LogP contribution in [0, 0.1) is 0 Å². The Bertz CT molecular complexity index is 5360. The first kappa shape index (κ1) is 78.9. The number of imidazole rings is 2. The van der Waals surface area contributed by atoms with Crippen LogP contribution in [0.15, 0.2) is 153 Å². The number of carbonyl (C=O) groups is 10. The predicted octanol–water partition coefficient (Wildman–Crippen LogP) is 9.96. The molecule has 33 nitrogen and oxygen atoms in total. The Morgan fingerprint density at radius 1 is 0.536 bits per heavy atom. The lowest BCUT2D eigenvalue weighted by Gasteiger charge is -2.22. The molecule has 0 bridgehead atoms. The molecule has 0 spiro atoms. The lowest BCUT2D eigenvalue weighted by atomic mass is 10.1. The highest BCUT2D eigenvalue weighted by atomic mass is 16.5. The van der Waals surface area contributed by atoms with Crippen LogP contribution in [0.1, 0.15) is 120 Å². The summed E-state index contributed by atoms with van der Waals surface area (Å²) in [5.74, 6) is -2.20. The highest BCUT2D eigenvalue weighted by Gasteiger charge is 2.38. The molecule has 7 amide bonds. The number of aryl methyl sites for hydroxylation is 2. The van der Waals surface area contributed by atoms with Crippen molar-refractivity contribution in [2.24, 2.45) is 24.1 Å². The summed E-state index contributed by atoms with van der Waals surface area (Å²) >= 11 is 0. The molecule has 4 aromatic heterocycles. The molecule has 0 fully saturated rings. The number of ether oxygens (including phenoxy) is 6. The van der Waals surface area contributed by atoms with Crippen LogP contribution >= 0.6 is 0 Å². The number of amides is 7. The quantitative estimate of drug-likeness (QED) is 0.0159. The molecule has 14 rings (SSSR count). The molecule has 4 aliphatic heterocycles. The minimum atomic E-state index is -0.867. The standard InChI is InChI=1S/C39H37N7O9.C21H20N2O5.C18H19N5O5.CH4/c1-45-21-33(43-36(45)38(50)40-13-12-35(48)53-3)44-37(49)32-17-23-15-24(10-11-29(23)55-32)42-34(47)9-6-14-54-31-19-27-26(18-30(31)52-2)39(51)46-25(20-41-27)16-22-7-4-5-8-28(22)46;1-27-18-10-15-16(11-19(18)28-8-4-7-20(24)25)22-12-14-9-13-5-2-3-6-17(13)23(14)21(15)26;1-23-9-14(21-16(23)18(26)20-6-5-15(24)27-2)22-17(25)13-8-10-7-11(19)3-4-12(10)28-13;/h4-5,7-8,10-11,15,17-21,25H,6,9,12-14,16H2,1-3H3,(H,40,50)(H,42,47)(H,44,49);2-3,5-6,10-12,14H,4,7-9H2,1H3,(H,24,25);3-4,7-9H,5-6,19H2,1-2H3,(H,20,26)(H,22,25);1H4/t25-;14-;;/m00../s1. The lowest BCUT2D eigenvalue weighted by Crippen LogP contribution is -2.37. The van der Waals surface area contributed by atoms with Gasteiger partial charge in [-0.3, -0.25) is 67.7 Å². The number of methoxy groups -OCH3 is 4. The third-order valence-corrected chi connectivity index (χ3v) is 18.0. The van der Waals surface area contributed by atoms with Crippen LogP contribution in [0.4, 0.5) is 45.8 Å². The van der Waals surface area contributed by atoms with Gasteiger partial charge in [0.2, 0.25) is 17.6 Å². The predicted molar refractivity (Wildman–Crippen MR) is 413 cm³/mol. The van der Waals surface area contributed by atoms with Crippen molar-refractivity contribution < 1.29 is 90.3 Å². The number of para-hydroxylation sites is 2. The fraction of sp³-hybridized carbons (Fsp3) is 0.266. The number of nitrogens with two attached hydrogens (primary N) is 1. The Labute approximate surface area is 640 Å². The second kappa shape index (κ2) is 35.3. The Kier molecular flexibility index (Phi) is 24.9. The van der Waals surface area contributed by atoms with Gasteiger partial charge in [0.15, 0.2) is 46.2 Å². The van der Waals surface area contributed by atoms with Crippen molar-refractivity contribution in [1.82, 2.24) is 29.7 Å². The van der Waals surface area contributed by atoms with E-state index in [0.717, 1.165) is 28.9 Å². The van der Waals surface area contributed by atoms with Gasteiger partial charge in [-0.1, -0.05) is 43.8 Å². The molecule has 0 saturated carbocycles. The zero-order chi connectivity index (χ0) is 78.6. The number of aliphatic carboxylic acids is 1. The van der Waals surface area contributed by atoms with E-state index in [0.29, 0.717) is 98.1 Å². The first-order valence-corrected chi connectivity index (χ1v) is 34.9. The molecule has 8 N–H and O–H groups in total. The number of aromatic nitrogens is 4. The van der Waals surface area contributed by atoms with Crippen molar-refractivity contribution in [3.63, 3.8) is 0 Å². The summed E-state index contributed by atoms with van der Waals surface area (Å²) in [5, 5.41) is 23.2. The number of hydrogen-bond donors (Lipinski definition) is 7. The molecule has 0 radical (unpaired) electrons. The van der Waals surface area contributed by atoms with Gasteiger partial charge in [0.25, 0.3) is 35.4 Å². The Hall–Kier alpha value is -14.1. The molecule has 0 aliphatic carbocycles. The van der Waals surface area contributed by atoms with Crippen LogP contribution in [0.2, 0.25) is 0 Å². The second-order valence-electron chi connectivity index (χ2n) is 25.6. The largest absolute Gasteiger partial charge is 0.493 e. The van der Waals surface area contributed by atoms with Gasteiger partial charge in [-0.25, -0.2) is 9.97 Å². The monoisotopic (exact) mass is 1530 g/mol. The minimum Gasteiger partial charge on any atom is -0.493 e. The minimum absolute atomic E-state index is 0. The number of carboxylic acids is 1. The number of fused-ring (bicyclic) bond motifs is 10. The molecule has 4 aliphatic rings. The Morgan fingerprint density at radius 3 is 1.46 bits per heavy atom. The van der Waals surface area contributed by atoms with Crippen LogP contribution in [-0.4, -0.2) is 163 Å². The van der Waals surface area contributed by atoms with Crippen molar-refractivity contribution in [3.8, 4) is 23.0 Å². The van der Waals surface area contributed by atoms with Crippen LogP contribution in [0.5, 0.6) is 23.0 Å². The van der Waals surface area contributed by atoms with Crippen LogP contribution < -0.4 is 61.1 Å². The average molecular weight is 1530 g/mol. The van der Waals surface area contributed by atoms with Crippen molar-refractivity contribution in [2.45, 2.75) is 70.9 Å². The number of carboxylic acid groups (broad SMARTS) is 1. The van der Waals surface area contributed by atoms with Crippen molar-refractivity contribution >= 4 is 139 Å². The molecular formula is C79H80N14O19. The van der Waals surface area contributed by atoms with E-state index in [-0.39, 0.29) is 124 Å². The number of benzene rings is 6. The molecule has 0 unspecified atom stereocenters. The third kappa shape index (κ3) is 18.2. The Balaban J connectivity index is 0.000000183. The van der Waals surface area contributed by atoms with Gasteiger partial charge in [0.05, 0.1) is 89.1 Å².